The van der Waals surface area contributed by atoms with E-state index in [1.165, 1.54) is 4.90 Å². The standard InChI is InChI=1S/C32H47BrN4O5S/c1-22-28(43-21-35-22)24-13-11-23(12-14-24)19-34-30(40)26-18-25(38)20-37(26)31(41)29(32(2,3)4)36-27(39)10-6-9-17-42-16-8-5-7-15-33/h11-14,21,25-26,29,38H,5-10,15-20H2,1-4H3,(H,34,40)(H,36,39)/t25-,26+,29?/m1/s1. The Bertz CT molecular complexity index is 1180. The Morgan fingerprint density at radius 2 is 1.81 bits per heavy atom. The molecule has 3 rings (SSSR count). The number of aliphatic hydroxyl groups is 1. The summed E-state index contributed by atoms with van der Waals surface area (Å²) in [5, 5.41) is 17.3. The van der Waals surface area contributed by atoms with Gasteiger partial charge in [0.1, 0.15) is 12.1 Å². The molecule has 1 aliphatic rings. The van der Waals surface area contributed by atoms with Gasteiger partial charge in [-0.25, -0.2) is 4.98 Å². The van der Waals surface area contributed by atoms with Crippen LogP contribution in [-0.2, 0) is 25.7 Å². The maximum absolute atomic E-state index is 13.8. The van der Waals surface area contributed by atoms with Gasteiger partial charge in [0.05, 0.1) is 22.2 Å². The van der Waals surface area contributed by atoms with Crippen LogP contribution in [-0.4, -0.2) is 76.0 Å². The molecule has 0 aliphatic carbocycles. The van der Waals surface area contributed by atoms with Gasteiger partial charge >= 0.3 is 0 Å². The number of halogens is 1. The highest BCUT2D eigenvalue weighted by atomic mass is 79.9. The van der Waals surface area contributed by atoms with E-state index in [0.717, 1.165) is 59.3 Å². The Balaban J connectivity index is 1.52. The van der Waals surface area contributed by atoms with E-state index in [0.29, 0.717) is 26.0 Å². The molecule has 1 unspecified atom stereocenters. The fourth-order valence-corrected chi connectivity index (χ4v) is 6.29. The first-order chi connectivity index (χ1) is 20.5. The van der Waals surface area contributed by atoms with E-state index in [9.17, 15) is 19.5 Å². The van der Waals surface area contributed by atoms with Gasteiger partial charge in [-0.2, -0.15) is 0 Å². The van der Waals surface area contributed by atoms with Crippen molar-refractivity contribution in [2.45, 2.75) is 97.4 Å². The molecule has 0 bridgehead atoms. The fraction of sp³-hybridized carbons (Fsp3) is 0.625. The van der Waals surface area contributed by atoms with Crippen molar-refractivity contribution in [1.82, 2.24) is 20.5 Å². The topological polar surface area (TPSA) is 121 Å². The molecule has 238 valence electrons. The lowest BCUT2D eigenvalue weighted by molar-refractivity contribution is -0.144. The Morgan fingerprint density at radius 1 is 1.12 bits per heavy atom. The number of amides is 3. The van der Waals surface area contributed by atoms with E-state index in [2.05, 4.69) is 31.5 Å². The summed E-state index contributed by atoms with van der Waals surface area (Å²) in [4.78, 5) is 46.7. The van der Waals surface area contributed by atoms with Crippen LogP contribution in [0.1, 0.15) is 77.0 Å². The van der Waals surface area contributed by atoms with Crippen molar-refractivity contribution in [2.75, 3.05) is 25.1 Å². The summed E-state index contributed by atoms with van der Waals surface area (Å²) in [5.41, 5.74) is 4.22. The van der Waals surface area contributed by atoms with Crippen molar-refractivity contribution in [3.63, 3.8) is 0 Å². The molecule has 3 N–H and O–H groups in total. The number of benzene rings is 1. The predicted octanol–water partition coefficient (Wildman–Crippen LogP) is 4.98. The third-order valence-corrected chi connectivity index (χ3v) is 9.11. The average Bonchev–Trinajstić information content (AvgIpc) is 3.58. The predicted molar refractivity (Wildman–Crippen MR) is 174 cm³/mol. The molecule has 43 heavy (non-hydrogen) atoms. The molecule has 0 radical (unpaired) electrons. The summed E-state index contributed by atoms with van der Waals surface area (Å²) < 4.78 is 5.65. The lowest BCUT2D eigenvalue weighted by Crippen LogP contribution is -2.57. The molecule has 1 saturated heterocycles. The number of likely N-dealkylation sites (tertiary alicyclic amines) is 1. The number of β-amino-alcohol motifs (C(OH)–C–C–N with tert-alkyl or cyclic N) is 1. The van der Waals surface area contributed by atoms with Gasteiger partial charge in [0.15, 0.2) is 0 Å². The Hall–Kier alpha value is -2.34. The van der Waals surface area contributed by atoms with Gasteiger partial charge in [0, 0.05) is 44.5 Å². The van der Waals surface area contributed by atoms with Crippen molar-refractivity contribution < 1.29 is 24.2 Å². The lowest BCUT2D eigenvalue weighted by atomic mass is 9.85. The number of unbranched alkanes of at least 4 members (excludes halogenated alkanes) is 3. The molecule has 1 fully saturated rings. The highest BCUT2D eigenvalue weighted by molar-refractivity contribution is 9.09. The van der Waals surface area contributed by atoms with Crippen LogP contribution in [0.15, 0.2) is 29.8 Å². The Labute approximate surface area is 268 Å². The first-order valence-electron chi connectivity index (χ1n) is 15.2. The minimum absolute atomic E-state index is 0.0508. The summed E-state index contributed by atoms with van der Waals surface area (Å²) in [5.74, 6) is -0.879. The SMILES string of the molecule is Cc1ncsc1-c1ccc(CNC(=O)[C@@H]2C[C@@H](O)CN2C(=O)C(NC(=O)CCCCOCCCCCBr)C(C)(C)C)cc1. The third kappa shape index (κ3) is 11.0. The maximum Gasteiger partial charge on any atom is 0.246 e. The average molecular weight is 680 g/mol. The smallest absolute Gasteiger partial charge is 0.246 e. The molecular weight excluding hydrogens is 632 g/mol. The number of aromatic nitrogens is 1. The van der Waals surface area contributed by atoms with Crippen LogP contribution in [0.4, 0.5) is 0 Å². The third-order valence-electron chi connectivity index (χ3n) is 7.58. The molecule has 1 aromatic carbocycles. The summed E-state index contributed by atoms with van der Waals surface area (Å²) >= 11 is 5.01. The first kappa shape index (κ1) is 35.1. The molecule has 0 saturated carbocycles. The second-order valence-corrected chi connectivity index (χ2v) is 13.9. The molecule has 11 heteroatoms. The zero-order valence-electron chi connectivity index (χ0n) is 25.9. The largest absolute Gasteiger partial charge is 0.391 e. The highest BCUT2D eigenvalue weighted by Gasteiger charge is 2.44. The van der Waals surface area contributed by atoms with Gasteiger partial charge in [-0.05, 0) is 49.1 Å². The summed E-state index contributed by atoms with van der Waals surface area (Å²) in [6, 6.07) is 6.31. The van der Waals surface area contributed by atoms with Gasteiger partial charge in [-0.1, -0.05) is 67.4 Å². The monoisotopic (exact) mass is 678 g/mol. The second-order valence-electron chi connectivity index (χ2n) is 12.3. The number of carbonyl (C=O) groups is 3. The molecule has 2 aromatic rings. The van der Waals surface area contributed by atoms with E-state index < -0.39 is 23.6 Å². The number of ether oxygens (including phenoxy) is 1. The number of carbonyl (C=O) groups excluding carboxylic acids is 3. The van der Waals surface area contributed by atoms with Gasteiger partial charge < -0.3 is 25.4 Å². The van der Waals surface area contributed by atoms with Crippen molar-refractivity contribution in [2.24, 2.45) is 5.41 Å². The molecule has 3 amide bonds. The molecule has 9 nitrogen and oxygen atoms in total. The van der Waals surface area contributed by atoms with E-state index in [1.54, 1.807) is 11.3 Å². The highest BCUT2D eigenvalue weighted by Crippen LogP contribution is 2.28. The normalized spacial score (nSPS) is 17.6. The van der Waals surface area contributed by atoms with Crippen LogP contribution in [0.25, 0.3) is 10.4 Å². The fourth-order valence-electron chi connectivity index (χ4n) is 5.08. The van der Waals surface area contributed by atoms with Gasteiger partial charge in [-0.15, -0.1) is 11.3 Å². The van der Waals surface area contributed by atoms with Gasteiger partial charge in [-0.3, -0.25) is 14.4 Å². The zero-order valence-corrected chi connectivity index (χ0v) is 28.3. The number of hydrogen-bond donors (Lipinski definition) is 3. The van der Waals surface area contributed by atoms with E-state index in [1.807, 2.05) is 57.5 Å². The zero-order chi connectivity index (χ0) is 31.4. The van der Waals surface area contributed by atoms with Crippen LogP contribution in [0.3, 0.4) is 0 Å². The van der Waals surface area contributed by atoms with Crippen molar-refractivity contribution in [3.8, 4) is 10.4 Å². The minimum Gasteiger partial charge on any atom is -0.391 e. The quantitative estimate of drug-likeness (QED) is 0.170. The van der Waals surface area contributed by atoms with Gasteiger partial charge in [0.2, 0.25) is 17.7 Å². The van der Waals surface area contributed by atoms with Crippen LogP contribution >= 0.6 is 27.3 Å². The summed E-state index contributed by atoms with van der Waals surface area (Å²) in [7, 11) is 0. The van der Waals surface area contributed by atoms with E-state index in [-0.39, 0.29) is 30.7 Å². The van der Waals surface area contributed by atoms with E-state index >= 15 is 0 Å². The van der Waals surface area contributed by atoms with E-state index in [4.69, 9.17) is 4.74 Å². The van der Waals surface area contributed by atoms with Crippen molar-refractivity contribution >= 4 is 45.0 Å². The maximum atomic E-state index is 13.8. The molecule has 2 heterocycles. The number of aryl methyl sites for hydroxylation is 1. The number of alkyl halides is 1. The number of aliphatic hydroxyl groups excluding tert-OH is 1. The van der Waals surface area contributed by atoms with Crippen LogP contribution in [0.2, 0.25) is 0 Å². The second kappa shape index (κ2) is 17.2. The number of thiazole rings is 1. The number of nitrogens with one attached hydrogen (secondary N) is 2. The van der Waals surface area contributed by atoms with Crippen molar-refractivity contribution in [1.29, 1.82) is 0 Å². The van der Waals surface area contributed by atoms with Gasteiger partial charge in [0.25, 0.3) is 0 Å². The lowest BCUT2D eigenvalue weighted by Gasteiger charge is -2.35. The summed E-state index contributed by atoms with van der Waals surface area (Å²) in [6.07, 6.45) is 4.38. The summed E-state index contributed by atoms with van der Waals surface area (Å²) in [6.45, 7) is 9.34. The minimum atomic E-state index is -0.825. The number of nitrogens with zero attached hydrogens (tertiary/aromatic N) is 2. The number of hydrogen-bond acceptors (Lipinski definition) is 7. The molecule has 1 aliphatic heterocycles. The van der Waals surface area contributed by atoms with Crippen LogP contribution in [0.5, 0.6) is 0 Å². The molecule has 3 atom stereocenters. The van der Waals surface area contributed by atoms with Crippen LogP contribution < -0.4 is 10.6 Å². The Morgan fingerprint density at radius 3 is 2.44 bits per heavy atom. The molecule has 0 spiro atoms. The Kier molecular flexibility index (Phi) is 14.1. The number of rotatable bonds is 16. The molecular formula is C32H47BrN4O5S. The van der Waals surface area contributed by atoms with Crippen molar-refractivity contribution in [3.05, 3.63) is 41.0 Å². The van der Waals surface area contributed by atoms with Crippen LogP contribution in [0, 0.1) is 12.3 Å². The molecule has 1 aromatic heterocycles. The first-order valence-corrected chi connectivity index (χ1v) is 17.2.